The first-order valence-corrected chi connectivity index (χ1v) is 6.69. The van der Waals surface area contributed by atoms with Crippen molar-refractivity contribution in [1.29, 1.82) is 0 Å². The monoisotopic (exact) mass is 234 g/mol. The minimum Gasteiger partial charge on any atom is -0.397 e. The lowest BCUT2D eigenvalue weighted by molar-refractivity contribution is 0.428. The van der Waals surface area contributed by atoms with E-state index in [0.717, 1.165) is 11.0 Å². The van der Waals surface area contributed by atoms with Crippen molar-refractivity contribution in [3.05, 3.63) is 18.2 Å². The normalized spacial score (nSPS) is 18.0. The SMILES string of the molecule is Nc1cccc2c1nnn2C1CCSCC1. The Kier molecular flexibility index (Phi) is 2.47. The van der Waals surface area contributed by atoms with E-state index in [-0.39, 0.29) is 0 Å². The maximum atomic E-state index is 5.88. The van der Waals surface area contributed by atoms with Gasteiger partial charge in [0, 0.05) is 0 Å². The third-order valence-electron chi connectivity index (χ3n) is 3.07. The summed E-state index contributed by atoms with van der Waals surface area (Å²) in [5.74, 6) is 2.43. The van der Waals surface area contributed by atoms with Crippen LogP contribution in [0.2, 0.25) is 0 Å². The number of hydrogen-bond acceptors (Lipinski definition) is 4. The highest BCUT2D eigenvalue weighted by Crippen LogP contribution is 2.29. The van der Waals surface area contributed by atoms with Gasteiger partial charge in [-0.15, -0.1) is 5.10 Å². The second-order valence-electron chi connectivity index (χ2n) is 4.09. The molecular weight excluding hydrogens is 220 g/mol. The fourth-order valence-corrected chi connectivity index (χ4v) is 3.26. The lowest BCUT2D eigenvalue weighted by Crippen LogP contribution is -2.16. The number of thioether (sulfide) groups is 1. The maximum Gasteiger partial charge on any atom is 0.136 e. The quantitative estimate of drug-likeness (QED) is 0.767. The molecule has 0 saturated carbocycles. The van der Waals surface area contributed by atoms with Gasteiger partial charge in [-0.05, 0) is 36.5 Å². The van der Waals surface area contributed by atoms with E-state index in [4.69, 9.17) is 5.73 Å². The predicted octanol–water partition coefficient (Wildman–Crippen LogP) is 2.08. The molecule has 1 fully saturated rings. The highest BCUT2D eigenvalue weighted by molar-refractivity contribution is 7.99. The highest BCUT2D eigenvalue weighted by atomic mass is 32.2. The molecule has 16 heavy (non-hydrogen) atoms. The summed E-state index contributed by atoms with van der Waals surface area (Å²) in [7, 11) is 0. The first-order chi connectivity index (χ1) is 7.86. The fraction of sp³-hybridized carbons (Fsp3) is 0.455. The number of aromatic nitrogens is 3. The van der Waals surface area contributed by atoms with E-state index in [0.29, 0.717) is 11.7 Å². The van der Waals surface area contributed by atoms with Crippen molar-refractivity contribution in [1.82, 2.24) is 15.0 Å². The summed E-state index contributed by atoms with van der Waals surface area (Å²) >= 11 is 2.02. The Balaban J connectivity index is 2.06. The summed E-state index contributed by atoms with van der Waals surface area (Å²) in [4.78, 5) is 0. The number of fused-ring (bicyclic) bond motifs is 1. The van der Waals surface area contributed by atoms with Crippen LogP contribution in [0, 0.1) is 0 Å². The zero-order valence-corrected chi connectivity index (χ0v) is 9.78. The molecule has 84 valence electrons. The summed E-state index contributed by atoms with van der Waals surface area (Å²) < 4.78 is 2.05. The number of anilines is 1. The summed E-state index contributed by atoms with van der Waals surface area (Å²) in [5.41, 5.74) is 8.50. The molecular formula is C11H14N4S. The Labute approximate surface area is 98.2 Å². The Morgan fingerprint density at radius 1 is 1.31 bits per heavy atom. The van der Waals surface area contributed by atoms with Gasteiger partial charge in [-0.1, -0.05) is 11.3 Å². The zero-order chi connectivity index (χ0) is 11.0. The molecule has 1 saturated heterocycles. The number of rotatable bonds is 1. The first kappa shape index (κ1) is 9.96. The number of nitrogens with two attached hydrogens (primary N) is 1. The van der Waals surface area contributed by atoms with E-state index < -0.39 is 0 Å². The number of nitrogens with zero attached hydrogens (tertiary/aromatic N) is 3. The van der Waals surface area contributed by atoms with E-state index in [2.05, 4.69) is 10.3 Å². The molecule has 5 heteroatoms. The summed E-state index contributed by atoms with van der Waals surface area (Å²) in [6.45, 7) is 0. The van der Waals surface area contributed by atoms with Gasteiger partial charge in [0.15, 0.2) is 0 Å². The van der Waals surface area contributed by atoms with Crippen LogP contribution in [0.1, 0.15) is 18.9 Å². The predicted molar refractivity (Wildman–Crippen MR) is 67.5 cm³/mol. The maximum absolute atomic E-state index is 5.88. The largest absolute Gasteiger partial charge is 0.397 e. The van der Waals surface area contributed by atoms with Gasteiger partial charge in [-0.2, -0.15) is 11.8 Å². The van der Waals surface area contributed by atoms with Gasteiger partial charge >= 0.3 is 0 Å². The smallest absolute Gasteiger partial charge is 0.136 e. The Bertz CT molecular complexity index is 502. The minimum absolute atomic E-state index is 0.494. The van der Waals surface area contributed by atoms with Crippen LogP contribution in [0.15, 0.2) is 18.2 Å². The van der Waals surface area contributed by atoms with Crippen LogP contribution in [0.3, 0.4) is 0 Å². The van der Waals surface area contributed by atoms with Crippen LogP contribution < -0.4 is 5.73 Å². The molecule has 0 unspecified atom stereocenters. The van der Waals surface area contributed by atoms with Crippen LogP contribution >= 0.6 is 11.8 Å². The van der Waals surface area contributed by atoms with Crippen molar-refractivity contribution in [3.8, 4) is 0 Å². The Morgan fingerprint density at radius 3 is 2.94 bits per heavy atom. The molecule has 1 aliphatic rings. The van der Waals surface area contributed by atoms with Crippen molar-refractivity contribution in [3.63, 3.8) is 0 Å². The molecule has 0 atom stereocenters. The van der Waals surface area contributed by atoms with Gasteiger partial charge in [-0.3, -0.25) is 0 Å². The van der Waals surface area contributed by atoms with Gasteiger partial charge in [0.1, 0.15) is 5.52 Å². The molecule has 2 N–H and O–H groups in total. The molecule has 0 aliphatic carbocycles. The molecule has 0 radical (unpaired) electrons. The lowest BCUT2D eigenvalue weighted by atomic mass is 10.1. The summed E-state index contributed by atoms with van der Waals surface area (Å²) in [6, 6.07) is 6.38. The van der Waals surface area contributed by atoms with E-state index >= 15 is 0 Å². The van der Waals surface area contributed by atoms with Gasteiger partial charge < -0.3 is 5.73 Å². The first-order valence-electron chi connectivity index (χ1n) is 5.53. The molecule has 1 aromatic heterocycles. The molecule has 2 heterocycles. The van der Waals surface area contributed by atoms with E-state index in [1.54, 1.807) is 0 Å². The van der Waals surface area contributed by atoms with Crippen molar-refractivity contribution in [2.75, 3.05) is 17.2 Å². The molecule has 1 aliphatic heterocycles. The molecule has 0 bridgehead atoms. The van der Waals surface area contributed by atoms with Crippen LogP contribution in [-0.4, -0.2) is 26.5 Å². The van der Waals surface area contributed by atoms with Crippen LogP contribution in [0.4, 0.5) is 5.69 Å². The van der Waals surface area contributed by atoms with E-state index in [1.165, 1.54) is 24.3 Å². The second kappa shape index (κ2) is 3.97. The average molecular weight is 234 g/mol. The van der Waals surface area contributed by atoms with Crippen molar-refractivity contribution in [2.45, 2.75) is 18.9 Å². The fourth-order valence-electron chi connectivity index (χ4n) is 2.18. The Hall–Kier alpha value is -1.23. The molecule has 0 spiro atoms. The Morgan fingerprint density at radius 2 is 2.12 bits per heavy atom. The lowest BCUT2D eigenvalue weighted by Gasteiger charge is -2.21. The van der Waals surface area contributed by atoms with Gasteiger partial charge in [0.25, 0.3) is 0 Å². The number of benzene rings is 1. The molecule has 3 rings (SSSR count). The second-order valence-corrected chi connectivity index (χ2v) is 5.32. The van der Waals surface area contributed by atoms with Gasteiger partial charge in [0.2, 0.25) is 0 Å². The van der Waals surface area contributed by atoms with Crippen molar-refractivity contribution in [2.24, 2.45) is 0 Å². The molecule has 4 nitrogen and oxygen atoms in total. The average Bonchev–Trinajstić information content (AvgIpc) is 2.75. The minimum atomic E-state index is 0.494. The van der Waals surface area contributed by atoms with Crippen molar-refractivity contribution >= 4 is 28.5 Å². The molecule has 0 amide bonds. The standard InChI is InChI=1S/C11H14N4S/c12-9-2-1-3-10-11(9)13-14-15(10)8-4-6-16-7-5-8/h1-3,8H,4-7,12H2. The van der Waals surface area contributed by atoms with Crippen molar-refractivity contribution < 1.29 is 0 Å². The van der Waals surface area contributed by atoms with E-state index in [9.17, 15) is 0 Å². The van der Waals surface area contributed by atoms with Crippen LogP contribution in [-0.2, 0) is 0 Å². The van der Waals surface area contributed by atoms with E-state index in [1.807, 2.05) is 34.6 Å². The molecule has 2 aromatic rings. The van der Waals surface area contributed by atoms with Gasteiger partial charge in [-0.25, -0.2) is 4.68 Å². The number of hydrogen-bond donors (Lipinski definition) is 1. The summed E-state index contributed by atoms with van der Waals surface area (Å²) in [5, 5.41) is 8.43. The highest BCUT2D eigenvalue weighted by Gasteiger charge is 2.19. The van der Waals surface area contributed by atoms with Crippen LogP contribution in [0.5, 0.6) is 0 Å². The summed E-state index contributed by atoms with van der Waals surface area (Å²) in [6.07, 6.45) is 2.36. The zero-order valence-electron chi connectivity index (χ0n) is 8.97. The van der Waals surface area contributed by atoms with Gasteiger partial charge in [0.05, 0.1) is 17.2 Å². The third kappa shape index (κ3) is 1.55. The number of nitrogen functional groups attached to an aromatic ring is 1. The third-order valence-corrected chi connectivity index (χ3v) is 4.12. The topological polar surface area (TPSA) is 56.7 Å². The molecule has 1 aromatic carbocycles. The van der Waals surface area contributed by atoms with Crippen LogP contribution in [0.25, 0.3) is 11.0 Å².